The van der Waals surface area contributed by atoms with Gasteiger partial charge in [-0.15, -0.1) is 0 Å². The monoisotopic (exact) mass is 288 g/mol. The number of ketones is 1. The molecule has 2 nitrogen and oxygen atoms in total. The molecule has 0 spiro atoms. The lowest BCUT2D eigenvalue weighted by Gasteiger charge is -2.10. The van der Waals surface area contributed by atoms with E-state index in [0.29, 0.717) is 11.1 Å². The van der Waals surface area contributed by atoms with Crippen LogP contribution in [0.5, 0.6) is 5.75 Å². The van der Waals surface area contributed by atoms with Crippen molar-refractivity contribution < 1.29 is 9.90 Å². The van der Waals surface area contributed by atoms with Crippen molar-refractivity contribution in [2.45, 2.75) is 6.92 Å². The van der Waals surface area contributed by atoms with Gasteiger partial charge < -0.3 is 5.11 Å². The quantitative estimate of drug-likeness (QED) is 0.715. The Kier molecular flexibility index (Phi) is 3.75. The SMILES string of the molecule is Cc1ccc(O)c(C(=O)c2ccccc2-c2ccccc2)c1. The molecule has 0 heterocycles. The standard InChI is InChI=1S/C20H16O2/c1-14-11-12-19(21)18(13-14)20(22)17-10-6-5-9-16(17)15-7-3-2-4-8-15/h2-13,21H,1H3. The summed E-state index contributed by atoms with van der Waals surface area (Å²) in [4.78, 5) is 12.9. The Balaban J connectivity index is 2.13. The number of hydrogen-bond acceptors (Lipinski definition) is 2. The van der Waals surface area contributed by atoms with Crippen LogP contribution < -0.4 is 0 Å². The van der Waals surface area contributed by atoms with Crippen LogP contribution in [-0.2, 0) is 0 Å². The lowest BCUT2D eigenvalue weighted by atomic mass is 9.93. The van der Waals surface area contributed by atoms with Gasteiger partial charge in [0, 0.05) is 5.56 Å². The Hall–Kier alpha value is -2.87. The van der Waals surface area contributed by atoms with Crippen molar-refractivity contribution >= 4 is 5.78 Å². The second kappa shape index (κ2) is 5.86. The van der Waals surface area contributed by atoms with E-state index in [2.05, 4.69) is 0 Å². The number of aryl methyl sites for hydroxylation is 1. The van der Waals surface area contributed by atoms with Crippen molar-refractivity contribution in [3.05, 3.63) is 89.5 Å². The van der Waals surface area contributed by atoms with Crippen LogP contribution in [0.4, 0.5) is 0 Å². The van der Waals surface area contributed by atoms with Crippen molar-refractivity contribution in [2.75, 3.05) is 0 Å². The maximum absolute atomic E-state index is 12.9. The average Bonchev–Trinajstić information content (AvgIpc) is 2.57. The highest BCUT2D eigenvalue weighted by molar-refractivity contribution is 6.14. The van der Waals surface area contributed by atoms with E-state index in [4.69, 9.17) is 0 Å². The van der Waals surface area contributed by atoms with E-state index in [1.54, 1.807) is 24.3 Å². The Morgan fingerprint density at radius 1 is 0.818 bits per heavy atom. The van der Waals surface area contributed by atoms with Crippen LogP contribution in [-0.4, -0.2) is 10.9 Å². The van der Waals surface area contributed by atoms with E-state index in [0.717, 1.165) is 16.7 Å². The molecule has 2 heteroatoms. The highest BCUT2D eigenvalue weighted by atomic mass is 16.3. The fourth-order valence-electron chi connectivity index (χ4n) is 2.53. The minimum atomic E-state index is -0.166. The molecule has 0 atom stereocenters. The zero-order valence-electron chi connectivity index (χ0n) is 12.3. The van der Waals surface area contributed by atoms with Crippen molar-refractivity contribution in [2.24, 2.45) is 0 Å². The molecule has 3 rings (SSSR count). The van der Waals surface area contributed by atoms with E-state index in [1.165, 1.54) is 0 Å². The summed E-state index contributed by atoms with van der Waals surface area (Å²) >= 11 is 0. The van der Waals surface area contributed by atoms with Gasteiger partial charge in [0.2, 0.25) is 0 Å². The number of phenols is 1. The first-order valence-electron chi connectivity index (χ1n) is 7.15. The van der Waals surface area contributed by atoms with E-state index in [1.807, 2.05) is 55.5 Å². The molecule has 108 valence electrons. The molecule has 0 aliphatic carbocycles. The Labute approximate surface area is 129 Å². The van der Waals surface area contributed by atoms with Gasteiger partial charge >= 0.3 is 0 Å². The third-order valence-corrected chi connectivity index (χ3v) is 3.65. The second-order valence-corrected chi connectivity index (χ2v) is 5.26. The van der Waals surface area contributed by atoms with Gasteiger partial charge in [0.15, 0.2) is 5.78 Å². The molecule has 0 aliphatic rings. The van der Waals surface area contributed by atoms with E-state index in [9.17, 15) is 9.90 Å². The molecule has 0 fully saturated rings. The molecule has 0 saturated heterocycles. The van der Waals surface area contributed by atoms with Crippen LogP contribution in [0.1, 0.15) is 21.5 Å². The van der Waals surface area contributed by atoms with Crippen LogP contribution in [0.3, 0.4) is 0 Å². The number of aromatic hydroxyl groups is 1. The minimum absolute atomic E-state index is 0.0125. The molecule has 0 saturated carbocycles. The van der Waals surface area contributed by atoms with Gasteiger partial charge in [0.1, 0.15) is 5.75 Å². The number of rotatable bonds is 3. The molecule has 0 amide bonds. The van der Waals surface area contributed by atoms with Crippen LogP contribution in [0.15, 0.2) is 72.8 Å². The summed E-state index contributed by atoms with van der Waals surface area (Å²) in [6.45, 7) is 1.90. The lowest BCUT2D eigenvalue weighted by molar-refractivity contribution is 0.103. The molecular formula is C20H16O2. The van der Waals surface area contributed by atoms with Crippen LogP contribution >= 0.6 is 0 Å². The van der Waals surface area contributed by atoms with Gasteiger partial charge in [-0.2, -0.15) is 0 Å². The molecule has 0 radical (unpaired) electrons. The van der Waals surface area contributed by atoms with Gasteiger partial charge in [0.05, 0.1) is 5.56 Å². The fraction of sp³-hybridized carbons (Fsp3) is 0.0500. The lowest BCUT2D eigenvalue weighted by Crippen LogP contribution is -2.04. The third kappa shape index (κ3) is 2.63. The number of carbonyl (C=O) groups excluding carboxylic acids is 1. The van der Waals surface area contributed by atoms with Gasteiger partial charge in [-0.3, -0.25) is 4.79 Å². The number of hydrogen-bond donors (Lipinski definition) is 1. The predicted molar refractivity (Wildman–Crippen MR) is 88.2 cm³/mol. The van der Waals surface area contributed by atoms with Gasteiger partial charge in [-0.05, 0) is 30.2 Å². The van der Waals surface area contributed by atoms with E-state index < -0.39 is 0 Å². The van der Waals surface area contributed by atoms with Crippen molar-refractivity contribution in [1.29, 1.82) is 0 Å². The summed E-state index contributed by atoms with van der Waals surface area (Å²) in [5, 5.41) is 10.0. The van der Waals surface area contributed by atoms with Crippen molar-refractivity contribution in [3.8, 4) is 16.9 Å². The van der Waals surface area contributed by atoms with E-state index >= 15 is 0 Å². The highest BCUT2D eigenvalue weighted by Gasteiger charge is 2.17. The van der Waals surface area contributed by atoms with Crippen molar-refractivity contribution in [3.63, 3.8) is 0 Å². The van der Waals surface area contributed by atoms with Gasteiger partial charge in [0.25, 0.3) is 0 Å². The molecule has 3 aromatic rings. The average molecular weight is 288 g/mol. The molecule has 0 bridgehead atoms. The summed E-state index contributed by atoms with van der Waals surface area (Å²) in [6.07, 6.45) is 0. The van der Waals surface area contributed by atoms with Crippen LogP contribution in [0.25, 0.3) is 11.1 Å². The summed E-state index contributed by atoms with van der Waals surface area (Å²) in [6, 6.07) is 22.3. The summed E-state index contributed by atoms with van der Waals surface area (Å²) < 4.78 is 0. The number of phenolic OH excluding ortho intramolecular Hbond substituents is 1. The first-order valence-corrected chi connectivity index (χ1v) is 7.15. The Morgan fingerprint density at radius 2 is 1.50 bits per heavy atom. The number of benzene rings is 3. The fourth-order valence-corrected chi connectivity index (χ4v) is 2.53. The minimum Gasteiger partial charge on any atom is -0.507 e. The van der Waals surface area contributed by atoms with Crippen LogP contribution in [0, 0.1) is 6.92 Å². The molecule has 0 aromatic heterocycles. The first-order chi connectivity index (χ1) is 10.7. The van der Waals surface area contributed by atoms with Gasteiger partial charge in [-0.25, -0.2) is 0 Å². The zero-order chi connectivity index (χ0) is 15.5. The molecule has 0 aliphatic heterocycles. The smallest absolute Gasteiger partial charge is 0.197 e. The maximum Gasteiger partial charge on any atom is 0.197 e. The molecule has 0 unspecified atom stereocenters. The second-order valence-electron chi connectivity index (χ2n) is 5.26. The summed E-state index contributed by atoms with van der Waals surface area (Å²) in [5.74, 6) is -0.154. The summed E-state index contributed by atoms with van der Waals surface area (Å²) in [5.41, 5.74) is 3.73. The topological polar surface area (TPSA) is 37.3 Å². The third-order valence-electron chi connectivity index (χ3n) is 3.65. The maximum atomic E-state index is 12.9. The van der Waals surface area contributed by atoms with E-state index in [-0.39, 0.29) is 11.5 Å². The van der Waals surface area contributed by atoms with Crippen molar-refractivity contribution in [1.82, 2.24) is 0 Å². The zero-order valence-corrected chi connectivity index (χ0v) is 12.3. The highest BCUT2D eigenvalue weighted by Crippen LogP contribution is 2.28. The first kappa shape index (κ1) is 14.1. The Bertz CT molecular complexity index is 820. The number of carbonyl (C=O) groups is 1. The molecule has 3 aromatic carbocycles. The van der Waals surface area contributed by atoms with Gasteiger partial charge in [-0.1, -0.05) is 66.2 Å². The van der Waals surface area contributed by atoms with Crippen LogP contribution in [0.2, 0.25) is 0 Å². The normalized spacial score (nSPS) is 10.4. The molecule has 22 heavy (non-hydrogen) atoms. The molecular weight excluding hydrogens is 272 g/mol. The Morgan fingerprint density at radius 3 is 2.27 bits per heavy atom. The summed E-state index contributed by atoms with van der Waals surface area (Å²) in [7, 11) is 0. The largest absolute Gasteiger partial charge is 0.507 e. The molecule has 1 N–H and O–H groups in total. The predicted octanol–water partition coefficient (Wildman–Crippen LogP) is 4.60.